The zero-order valence-electron chi connectivity index (χ0n) is 8.77. The van der Waals surface area contributed by atoms with E-state index in [-0.39, 0.29) is 11.6 Å². The first-order chi connectivity index (χ1) is 7.58. The molecule has 1 aromatic rings. The first kappa shape index (κ1) is 10.8. The van der Waals surface area contributed by atoms with E-state index in [1.54, 1.807) is 12.1 Å². The molecule has 3 nitrogen and oxygen atoms in total. The summed E-state index contributed by atoms with van der Waals surface area (Å²) in [5.41, 5.74) is 0.721. The summed E-state index contributed by atoms with van der Waals surface area (Å²) in [7, 11) is 0. The average Bonchev–Trinajstić information content (AvgIpc) is 2.61. The SMILES string of the molecule is CC(=O)[C@H]1C[C@@H](c2ccc(F)cc2)OC1=O. The van der Waals surface area contributed by atoms with Gasteiger partial charge in [-0.1, -0.05) is 12.1 Å². The van der Waals surface area contributed by atoms with Crippen LogP contribution in [0.2, 0.25) is 0 Å². The lowest BCUT2D eigenvalue weighted by atomic mass is 9.97. The van der Waals surface area contributed by atoms with Crippen LogP contribution in [-0.2, 0) is 14.3 Å². The van der Waals surface area contributed by atoms with Crippen LogP contribution in [0.15, 0.2) is 24.3 Å². The van der Waals surface area contributed by atoms with Gasteiger partial charge in [-0.25, -0.2) is 4.39 Å². The number of esters is 1. The molecule has 0 bridgehead atoms. The van der Waals surface area contributed by atoms with E-state index in [1.165, 1.54) is 19.1 Å². The molecule has 16 heavy (non-hydrogen) atoms. The molecule has 1 aliphatic heterocycles. The second kappa shape index (κ2) is 4.04. The van der Waals surface area contributed by atoms with Crippen molar-refractivity contribution in [2.75, 3.05) is 0 Å². The van der Waals surface area contributed by atoms with Gasteiger partial charge in [0.2, 0.25) is 0 Å². The number of ketones is 1. The minimum atomic E-state index is -0.671. The van der Waals surface area contributed by atoms with Crippen LogP contribution in [0.3, 0.4) is 0 Å². The zero-order chi connectivity index (χ0) is 11.7. The second-order valence-electron chi connectivity index (χ2n) is 3.88. The standard InChI is InChI=1S/C12H11FO3/c1-7(14)10-6-11(16-12(10)15)8-2-4-9(13)5-3-8/h2-5,10-11H,6H2,1H3/t10-,11+/m1/s1. The predicted molar refractivity (Wildman–Crippen MR) is 54.0 cm³/mol. The molecule has 1 heterocycles. The molecule has 0 N–H and O–H groups in total. The molecule has 1 aliphatic rings. The quantitative estimate of drug-likeness (QED) is 0.568. The molecule has 0 saturated carbocycles. The zero-order valence-corrected chi connectivity index (χ0v) is 8.77. The van der Waals surface area contributed by atoms with E-state index in [9.17, 15) is 14.0 Å². The van der Waals surface area contributed by atoms with Crippen molar-refractivity contribution in [2.24, 2.45) is 5.92 Å². The molecule has 84 valence electrons. The molecule has 1 aromatic carbocycles. The predicted octanol–water partition coefficient (Wildman–Crippen LogP) is 2.02. The average molecular weight is 222 g/mol. The van der Waals surface area contributed by atoms with E-state index in [2.05, 4.69) is 0 Å². The van der Waals surface area contributed by atoms with Crippen LogP contribution >= 0.6 is 0 Å². The first-order valence-corrected chi connectivity index (χ1v) is 5.04. The highest BCUT2D eigenvalue weighted by molar-refractivity contribution is 5.98. The number of hydrogen-bond donors (Lipinski definition) is 0. The van der Waals surface area contributed by atoms with Crippen LogP contribution < -0.4 is 0 Å². The fourth-order valence-corrected chi connectivity index (χ4v) is 1.79. The molecule has 2 rings (SSSR count). The van der Waals surface area contributed by atoms with E-state index < -0.39 is 18.0 Å². The van der Waals surface area contributed by atoms with Gasteiger partial charge in [0.1, 0.15) is 23.6 Å². The molecular formula is C12H11FO3. The Labute approximate surface area is 92.2 Å². The summed E-state index contributed by atoms with van der Waals surface area (Å²) in [4.78, 5) is 22.5. The van der Waals surface area contributed by atoms with Gasteiger partial charge < -0.3 is 4.74 Å². The third-order valence-corrected chi connectivity index (χ3v) is 2.73. The fraction of sp³-hybridized carbons (Fsp3) is 0.333. The number of carbonyl (C=O) groups is 2. The topological polar surface area (TPSA) is 43.4 Å². The number of Topliss-reactive ketones (excluding diaryl/α,β-unsaturated/α-hetero) is 1. The summed E-state index contributed by atoms with van der Waals surface area (Å²) in [6, 6.07) is 5.75. The Morgan fingerprint density at radius 3 is 2.50 bits per heavy atom. The Hall–Kier alpha value is -1.71. The lowest BCUT2D eigenvalue weighted by molar-refractivity contribution is -0.146. The highest BCUT2D eigenvalue weighted by Gasteiger charge is 2.38. The van der Waals surface area contributed by atoms with Gasteiger partial charge in [0.05, 0.1) is 0 Å². The Bertz CT molecular complexity index is 424. The minimum absolute atomic E-state index is 0.186. The minimum Gasteiger partial charge on any atom is -0.457 e. The third kappa shape index (κ3) is 1.96. The van der Waals surface area contributed by atoms with Crippen molar-refractivity contribution < 1.29 is 18.7 Å². The van der Waals surface area contributed by atoms with Gasteiger partial charge in [-0.05, 0) is 24.6 Å². The molecule has 0 aliphatic carbocycles. The molecule has 0 spiro atoms. The molecule has 1 fully saturated rings. The number of rotatable bonds is 2. The van der Waals surface area contributed by atoms with Gasteiger partial charge in [-0.3, -0.25) is 9.59 Å². The van der Waals surface area contributed by atoms with Crippen molar-refractivity contribution in [3.8, 4) is 0 Å². The molecule has 0 radical (unpaired) electrons. The number of halogens is 1. The van der Waals surface area contributed by atoms with Gasteiger partial charge in [0.15, 0.2) is 0 Å². The largest absolute Gasteiger partial charge is 0.457 e. The van der Waals surface area contributed by atoms with Gasteiger partial charge in [0, 0.05) is 6.42 Å². The summed E-state index contributed by atoms with van der Waals surface area (Å²) < 4.78 is 17.8. The van der Waals surface area contributed by atoms with Crippen LogP contribution in [0.4, 0.5) is 4.39 Å². The van der Waals surface area contributed by atoms with Crippen molar-refractivity contribution in [1.29, 1.82) is 0 Å². The van der Waals surface area contributed by atoms with Gasteiger partial charge >= 0.3 is 5.97 Å². The van der Waals surface area contributed by atoms with Gasteiger partial charge in [-0.2, -0.15) is 0 Å². The summed E-state index contributed by atoms with van der Waals surface area (Å²) >= 11 is 0. The van der Waals surface area contributed by atoms with Crippen LogP contribution in [0, 0.1) is 11.7 Å². The van der Waals surface area contributed by atoms with Crippen molar-refractivity contribution in [3.63, 3.8) is 0 Å². The van der Waals surface area contributed by atoms with Crippen molar-refractivity contribution in [3.05, 3.63) is 35.6 Å². The lowest BCUT2D eigenvalue weighted by Gasteiger charge is -2.08. The van der Waals surface area contributed by atoms with Crippen LogP contribution in [0.1, 0.15) is 25.0 Å². The van der Waals surface area contributed by atoms with E-state index in [0.717, 1.165) is 5.56 Å². The molecule has 1 saturated heterocycles. The van der Waals surface area contributed by atoms with Crippen LogP contribution in [-0.4, -0.2) is 11.8 Å². The Kier molecular flexibility index (Phi) is 2.73. The van der Waals surface area contributed by atoms with Gasteiger partial charge in [0.25, 0.3) is 0 Å². The van der Waals surface area contributed by atoms with Crippen molar-refractivity contribution >= 4 is 11.8 Å². The lowest BCUT2D eigenvalue weighted by Crippen LogP contribution is -2.15. The van der Waals surface area contributed by atoms with E-state index in [0.29, 0.717) is 6.42 Å². The fourth-order valence-electron chi connectivity index (χ4n) is 1.79. The molecule has 4 heteroatoms. The summed E-state index contributed by atoms with van der Waals surface area (Å²) in [5, 5.41) is 0. The molecule has 2 atom stereocenters. The third-order valence-electron chi connectivity index (χ3n) is 2.73. The number of benzene rings is 1. The molecule has 0 aromatic heterocycles. The second-order valence-corrected chi connectivity index (χ2v) is 3.88. The number of ether oxygens (including phenoxy) is 1. The Morgan fingerprint density at radius 1 is 1.38 bits per heavy atom. The van der Waals surface area contributed by atoms with E-state index >= 15 is 0 Å². The Morgan fingerprint density at radius 2 is 2.00 bits per heavy atom. The van der Waals surface area contributed by atoms with E-state index in [4.69, 9.17) is 4.74 Å². The van der Waals surface area contributed by atoms with Crippen molar-refractivity contribution in [1.82, 2.24) is 0 Å². The van der Waals surface area contributed by atoms with Gasteiger partial charge in [-0.15, -0.1) is 0 Å². The maximum atomic E-state index is 12.7. The molecule has 0 unspecified atom stereocenters. The normalized spacial score (nSPS) is 24.2. The highest BCUT2D eigenvalue weighted by atomic mass is 19.1. The summed E-state index contributed by atoms with van der Waals surface area (Å²) in [5.74, 6) is -1.68. The summed E-state index contributed by atoms with van der Waals surface area (Å²) in [6.07, 6.45) is -0.0817. The van der Waals surface area contributed by atoms with Crippen LogP contribution in [0.5, 0.6) is 0 Å². The van der Waals surface area contributed by atoms with Crippen LogP contribution in [0.25, 0.3) is 0 Å². The van der Waals surface area contributed by atoms with Crippen molar-refractivity contribution in [2.45, 2.75) is 19.4 Å². The summed E-state index contributed by atoms with van der Waals surface area (Å²) in [6.45, 7) is 1.37. The number of hydrogen-bond acceptors (Lipinski definition) is 3. The molecular weight excluding hydrogens is 211 g/mol. The molecule has 0 amide bonds. The van der Waals surface area contributed by atoms with E-state index in [1.807, 2.05) is 0 Å². The first-order valence-electron chi connectivity index (χ1n) is 5.04. The monoisotopic (exact) mass is 222 g/mol. The smallest absolute Gasteiger partial charge is 0.317 e. The maximum absolute atomic E-state index is 12.7. The number of carbonyl (C=O) groups excluding carboxylic acids is 2. The Balaban J connectivity index is 2.16. The number of cyclic esters (lactones) is 1. The highest BCUT2D eigenvalue weighted by Crippen LogP contribution is 2.33. The maximum Gasteiger partial charge on any atom is 0.317 e.